The van der Waals surface area contributed by atoms with Crippen LogP contribution >= 0.6 is 0 Å². The molecule has 1 aliphatic heterocycles. The molecule has 5 nitrogen and oxygen atoms in total. The van der Waals surface area contributed by atoms with Gasteiger partial charge in [0.1, 0.15) is 0 Å². The summed E-state index contributed by atoms with van der Waals surface area (Å²) >= 11 is 0. The second-order valence-electron chi connectivity index (χ2n) is 5.71. The predicted molar refractivity (Wildman–Crippen MR) is 80.5 cm³/mol. The molecular weight excluding hydrogens is 274 g/mol. The summed E-state index contributed by atoms with van der Waals surface area (Å²) in [6.07, 6.45) is 3.14. The summed E-state index contributed by atoms with van der Waals surface area (Å²) < 4.78 is 25.0. The van der Waals surface area contributed by atoms with E-state index in [9.17, 15) is 8.42 Å². The molecule has 2 rings (SSSR count). The van der Waals surface area contributed by atoms with E-state index < -0.39 is 10.0 Å². The van der Waals surface area contributed by atoms with Crippen LogP contribution in [-0.4, -0.2) is 25.5 Å². The van der Waals surface area contributed by atoms with Crippen molar-refractivity contribution in [3.05, 3.63) is 23.8 Å². The number of hydrogen-bond donors (Lipinski definition) is 2. The second kappa shape index (κ2) is 5.71. The number of sulfonamides is 1. The van der Waals surface area contributed by atoms with Gasteiger partial charge in [0.2, 0.25) is 0 Å². The summed E-state index contributed by atoms with van der Waals surface area (Å²) in [7, 11) is -3.57. The molecule has 112 valence electrons. The van der Waals surface area contributed by atoms with E-state index in [1.165, 1.54) is 6.07 Å². The third kappa shape index (κ3) is 3.31. The smallest absolute Gasteiger partial charge is 0.253 e. The van der Waals surface area contributed by atoms with Gasteiger partial charge in [-0.3, -0.25) is 0 Å². The first-order chi connectivity index (χ1) is 9.29. The van der Waals surface area contributed by atoms with Crippen LogP contribution in [-0.2, 0) is 10.0 Å². The first-order valence-electron chi connectivity index (χ1n) is 6.97. The zero-order valence-electron chi connectivity index (χ0n) is 12.3. The fourth-order valence-corrected chi connectivity index (χ4v) is 4.10. The number of rotatable bonds is 3. The van der Waals surface area contributed by atoms with Crippen molar-refractivity contribution in [3.8, 4) is 0 Å². The predicted octanol–water partition coefficient (Wildman–Crippen LogP) is 2.03. The first kappa shape index (κ1) is 15.3. The van der Waals surface area contributed by atoms with E-state index in [0.717, 1.165) is 24.8 Å². The summed E-state index contributed by atoms with van der Waals surface area (Å²) in [5.74, 6) is 0. The highest BCUT2D eigenvalue weighted by Crippen LogP contribution is 2.23. The molecule has 0 aliphatic carbocycles. The van der Waals surface area contributed by atoms with Crippen molar-refractivity contribution < 1.29 is 8.42 Å². The van der Waals surface area contributed by atoms with Crippen LogP contribution in [0.3, 0.4) is 0 Å². The van der Waals surface area contributed by atoms with Gasteiger partial charge in [0, 0.05) is 17.8 Å². The second-order valence-corrected chi connectivity index (χ2v) is 7.37. The highest BCUT2D eigenvalue weighted by atomic mass is 32.2. The van der Waals surface area contributed by atoms with Crippen molar-refractivity contribution in [1.29, 1.82) is 0 Å². The highest BCUT2D eigenvalue weighted by Gasteiger charge is 2.29. The number of aryl methyl sites for hydroxylation is 1. The summed E-state index contributed by atoms with van der Waals surface area (Å²) in [5.41, 5.74) is 7.04. The third-order valence-electron chi connectivity index (χ3n) is 3.80. The van der Waals surface area contributed by atoms with Crippen LogP contribution in [0.4, 0.5) is 5.69 Å². The first-order valence-corrected chi connectivity index (χ1v) is 8.46. The molecule has 2 unspecified atom stereocenters. The summed E-state index contributed by atoms with van der Waals surface area (Å²) in [4.78, 5) is 2.94. The Bertz CT molecular complexity index is 556. The molecule has 0 radical (unpaired) electrons. The Kier molecular flexibility index (Phi) is 4.36. The number of nitrogens with zero attached hydrogens (tertiary/aromatic N) is 1. The van der Waals surface area contributed by atoms with Gasteiger partial charge in [0.15, 0.2) is 0 Å². The Labute approximate surface area is 121 Å². The molecule has 1 aromatic rings. The van der Waals surface area contributed by atoms with Gasteiger partial charge in [-0.2, -0.15) is 0 Å². The van der Waals surface area contributed by atoms with Gasteiger partial charge >= 0.3 is 0 Å². The molecule has 1 heterocycles. The van der Waals surface area contributed by atoms with E-state index in [0.29, 0.717) is 5.69 Å². The van der Waals surface area contributed by atoms with E-state index in [1.54, 1.807) is 12.1 Å². The van der Waals surface area contributed by atoms with Crippen LogP contribution < -0.4 is 10.6 Å². The maximum absolute atomic E-state index is 12.5. The minimum atomic E-state index is -3.57. The maximum atomic E-state index is 12.5. The van der Waals surface area contributed by atoms with Gasteiger partial charge in [-0.15, -0.1) is 4.83 Å². The van der Waals surface area contributed by atoms with E-state index >= 15 is 0 Å². The van der Waals surface area contributed by atoms with E-state index in [4.69, 9.17) is 5.73 Å². The lowest BCUT2D eigenvalue weighted by Gasteiger charge is -2.38. The molecule has 0 aromatic heterocycles. The number of nitrogens with one attached hydrogen (secondary N) is 1. The standard InChI is InChI=1S/C14H23N3O2S/c1-10-7-13(15)9-14(8-10)20(18,19)16-17-11(2)5-4-6-12(17)3/h7-9,11-12,16H,4-6,15H2,1-3H3. The van der Waals surface area contributed by atoms with Crippen LogP contribution in [0.5, 0.6) is 0 Å². The Morgan fingerprint density at radius 1 is 1.20 bits per heavy atom. The number of hydrazine groups is 1. The van der Waals surface area contributed by atoms with Crippen molar-refractivity contribution in [1.82, 2.24) is 9.84 Å². The van der Waals surface area contributed by atoms with Gasteiger partial charge in [-0.25, -0.2) is 13.4 Å². The number of nitrogen functional groups attached to an aromatic ring is 1. The Morgan fingerprint density at radius 3 is 2.35 bits per heavy atom. The molecule has 3 N–H and O–H groups in total. The van der Waals surface area contributed by atoms with Crippen molar-refractivity contribution in [2.45, 2.75) is 57.0 Å². The molecule has 2 atom stereocenters. The molecule has 0 spiro atoms. The molecule has 1 aromatic carbocycles. The van der Waals surface area contributed by atoms with Gasteiger partial charge in [0.25, 0.3) is 10.0 Å². The number of piperidine rings is 1. The number of anilines is 1. The van der Waals surface area contributed by atoms with Gasteiger partial charge in [0.05, 0.1) is 4.90 Å². The van der Waals surface area contributed by atoms with Crippen molar-refractivity contribution in [2.24, 2.45) is 0 Å². The largest absolute Gasteiger partial charge is 0.399 e. The molecule has 6 heteroatoms. The Balaban J connectivity index is 2.26. The summed E-state index contributed by atoms with van der Waals surface area (Å²) in [6.45, 7) is 5.92. The Morgan fingerprint density at radius 2 is 1.80 bits per heavy atom. The average Bonchev–Trinajstić information content (AvgIpc) is 2.33. The lowest BCUT2D eigenvalue weighted by atomic mass is 10.0. The lowest BCUT2D eigenvalue weighted by Crippen LogP contribution is -2.53. The molecule has 1 saturated heterocycles. The average molecular weight is 297 g/mol. The highest BCUT2D eigenvalue weighted by molar-refractivity contribution is 7.89. The summed E-state index contributed by atoms with van der Waals surface area (Å²) in [6, 6.07) is 5.30. The van der Waals surface area contributed by atoms with E-state index in [1.807, 2.05) is 25.8 Å². The van der Waals surface area contributed by atoms with Gasteiger partial charge < -0.3 is 5.73 Å². The minimum Gasteiger partial charge on any atom is -0.399 e. The van der Waals surface area contributed by atoms with E-state index in [2.05, 4.69) is 4.83 Å². The number of benzene rings is 1. The van der Waals surface area contributed by atoms with Crippen molar-refractivity contribution in [2.75, 3.05) is 5.73 Å². The molecule has 0 amide bonds. The maximum Gasteiger partial charge on any atom is 0.253 e. The van der Waals surface area contributed by atoms with Gasteiger partial charge in [-0.05, 0) is 57.4 Å². The Hall–Kier alpha value is -1.11. The quantitative estimate of drug-likeness (QED) is 0.837. The summed E-state index contributed by atoms with van der Waals surface area (Å²) in [5, 5.41) is 1.84. The lowest BCUT2D eigenvalue weighted by molar-refractivity contribution is 0.0790. The SMILES string of the molecule is Cc1cc(N)cc(S(=O)(=O)NN2C(C)CCCC2C)c1. The molecule has 20 heavy (non-hydrogen) atoms. The van der Waals surface area contributed by atoms with Crippen molar-refractivity contribution in [3.63, 3.8) is 0 Å². The normalized spacial score (nSPS) is 24.8. The fourth-order valence-electron chi connectivity index (χ4n) is 2.72. The zero-order chi connectivity index (χ0) is 14.9. The fraction of sp³-hybridized carbons (Fsp3) is 0.571. The molecule has 1 fully saturated rings. The zero-order valence-corrected chi connectivity index (χ0v) is 13.1. The topological polar surface area (TPSA) is 75.4 Å². The van der Waals surface area contributed by atoms with Crippen LogP contribution in [0.15, 0.2) is 23.1 Å². The van der Waals surface area contributed by atoms with Crippen LogP contribution in [0.1, 0.15) is 38.7 Å². The number of nitrogens with two attached hydrogens (primary N) is 1. The van der Waals surface area contributed by atoms with E-state index in [-0.39, 0.29) is 17.0 Å². The third-order valence-corrected chi connectivity index (χ3v) is 5.11. The van der Waals surface area contributed by atoms with Crippen LogP contribution in [0, 0.1) is 6.92 Å². The minimum absolute atomic E-state index is 0.204. The van der Waals surface area contributed by atoms with Crippen LogP contribution in [0.2, 0.25) is 0 Å². The number of hydrogen-bond acceptors (Lipinski definition) is 4. The monoisotopic (exact) mass is 297 g/mol. The van der Waals surface area contributed by atoms with Crippen molar-refractivity contribution >= 4 is 15.7 Å². The molecule has 0 bridgehead atoms. The molecular formula is C14H23N3O2S. The van der Waals surface area contributed by atoms with Crippen LogP contribution in [0.25, 0.3) is 0 Å². The molecule has 1 aliphatic rings. The van der Waals surface area contributed by atoms with Gasteiger partial charge in [-0.1, -0.05) is 6.42 Å². The molecule has 0 saturated carbocycles.